The first-order valence-corrected chi connectivity index (χ1v) is 8.61. The van der Waals surface area contributed by atoms with E-state index in [1.165, 1.54) is 21.3 Å². The SMILES string of the molecule is CCCn1nccc1S(=O)(=O)N1CCC[C@@](O)(CC)C1. The lowest BCUT2D eigenvalue weighted by Crippen LogP contribution is -2.50. The molecule has 0 spiro atoms. The molecule has 114 valence electrons. The van der Waals surface area contributed by atoms with Crippen LogP contribution in [0.3, 0.4) is 0 Å². The third-order valence-corrected chi connectivity index (χ3v) is 5.76. The predicted octanol–water partition coefficient (Wildman–Crippen LogP) is 1.22. The van der Waals surface area contributed by atoms with E-state index in [9.17, 15) is 13.5 Å². The molecule has 1 N–H and O–H groups in total. The summed E-state index contributed by atoms with van der Waals surface area (Å²) in [4.78, 5) is 0. The highest BCUT2D eigenvalue weighted by Crippen LogP contribution is 2.28. The molecule has 1 saturated heterocycles. The van der Waals surface area contributed by atoms with Crippen LogP contribution in [0.5, 0.6) is 0 Å². The lowest BCUT2D eigenvalue weighted by molar-refractivity contribution is -0.0108. The van der Waals surface area contributed by atoms with Gasteiger partial charge >= 0.3 is 0 Å². The molecular formula is C13H23N3O3S. The fourth-order valence-corrected chi connectivity index (χ4v) is 4.30. The van der Waals surface area contributed by atoms with Crippen molar-refractivity contribution in [3.05, 3.63) is 12.3 Å². The van der Waals surface area contributed by atoms with Crippen LogP contribution in [-0.4, -0.2) is 46.3 Å². The van der Waals surface area contributed by atoms with E-state index in [0.717, 1.165) is 6.42 Å². The maximum Gasteiger partial charge on any atom is 0.260 e. The van der Waals surface area contributed by atoms with Crippen molar-refractivity contribution < 1.29 is 13.5 Å². The van der Waals surface area contributed by atoms with Gasteiger partial charge < -0.3 is 5.11 Å². The van der Waals surface area contributed by atoms with Gasteiger partial charge in [0.25, 0.3) is 10.0 Å². The van der Waals surface area contributed by atoms with Gasteiger partial charge in [0.15, 0.2) is 5.03 Å². The number of hydrogen-bond donors (Lipinski definition) is 1. The van der Waals surface area contributed by atoms with Crippen LogP contribution in [0.4, 0.5) is 0 Å². The molecule has 0 aromatic carbocycles. The molecule has 1 atom stereocenters. The first-order valence-electron chi connectivity index (χ1n) is 7.17. The van der Waals surface area contributed by atoms with Crippen molar-refractivity contribution in [3.63, 3.8) is 0 Å². The Morgan fingerprint density at radius 1 is 1.45 bits per heavy atom. The zero-order valence-electron chi connectivity index (χ0n) is 12.1. The molecule has 7 heteroatoms. The fourth-order valence-electron chi connectivity index (χ4n) is 2.62. The van der Waals surface area contributed by atoms with Gasteiger partial charge in [-0.15, -0.1) is 0 Å². The van der Waals surface area contributed by atoms with E-state index in [-0.39, 0.29) is 11.6 Å². The normalized spacial score (nSPS) is 24.9. The van der Waals surface area contributed by atoms with Gasteiger partial charge in [-0.2, -0.15) is 9.40 Å². The molecule has 1 aromatic rings. The number of aryl methyl sites for hydroxylation is 1. The molecule has 0 saturated carbocycles. The van der Waals surface area contributed by atoms with Crippen LogP contribution < -0.4 is 0 Å². The largest absolute Gasteiger partial charge is 0.389 e. The topological polar surface area (TPSA) is 75.4 Å². The fraction of sp³-hybridized carbons (Fsp3) is 0.769. The second-order valence-corrected chi connectivity index (χ2v) is 7.30. The quantitative estimate of drug-likeness (QED) is 0.887. The number of β-amino-alcohol motifs (C(OH)–C–C–N with tert-alkyl or cyclic N) is 1. The third kappa shape index (κ3) is 2.89. The van der Waals surface area contributed by atoms with Gasteiger partial charge in [0.05, 0.1) is 11.8 Å². The summed E-state index contributed by atoms with van der Waals surface area (Å²) < 4.78 is 28.3. The summed E-state index contributed by atoms with van der Waals surface area (Å²) in [6, 6.07) is 1.53. The second-order valence-electron chi connectivity index (χ2n) is 5.41. The van der Waals surface area contributed by atoms with Crippen LogP contribution in [0.1, 0.15) is 39.5 Å². The van der Waals surface area contributed by atoms with Crippen molar-refractivity contribution in [2.24, 2.45) is 0 Å². The zero-order valence-corrected chi connectivity index (χ0v) is 12.9. The van der Waals surface area contributed by atoms with Crippen molar-refractivity contribution in [1.82, 2.24) is 14.1 Å². The van der Waals surface area contributed by atoms with Gasteiger partial charge in [-0.1, -0.05) is 13.8 Å². The van der Waals surface area contributed by atoms with E-state index < -0.39 is 15.6 Å². The Bertz CT molecular complexity index is 555. The summed E-state index contributed by atoms with van der Waals surface area (Å²) >= 11 is 0. The molecule has 20 heavy (non-hydrogen) atoms. The molecule has 1 aromatic heterocycles. The average molecular weight is 301 g/mol. The van der Waals surface area contributed by atoms with Crippen LogP contribution in [0.2, 0.25) is 0 Å². The summed E-state index contributed by atoms with van der Waals surface area (Å²) in [7, 11) is -3.58. The van der Waals surface area contributed by atoms with Crippen LogP contribution in [0, 0.1) is 0 Å². The number of sulfonamides is 1. The van der Waals surface area contributed by atoms with E-state index in [0.29, 0.717) is 32.4 Å². The smallest absolute Gasteiger partial charge is 0.260 e. The highest BCUT2D eigenvalue weighted by molar-refractivity contribution is 7.89. The minimum atomic E-state index is -3.58. The van der Waals surface area contributed by atoms with Gasteiger partial charge in [-0.05, 0) is 31.7 Å². The molecule has 0 aliphatic carbocycles. The monoisotopic (exact) mass is 301 g/mol. The van der Waals surface area contributed by atoms with Gasteiger partial charge in [0, 0.05) is 19.6 Å². The van der Waals surface area contributed by atoms with Crippen molar-refractivity contribution in [3.8, 4) is 0 Å². The molecule has 6 nitrogen and oxygen atoms in total. The van der Waals surface area contributed by atoms with Crippen LogP contribution in [0.25, 0.3) is 0 Å². The van der Waals surface area contributed by atoms with Crippen molar-refractivity contribution in [2.75, 3.05) is 13.1 Å². The van der Waals surface area contributed by atoms with E-state index in [4.69, 9.17) is 0 Å². The molecule has 2 rings (SSSR count). The molecule has 0 amide bonds. The van der Waals surface area contributed by atoms with E-state index >= 15 is 0 Å². The predicted molar refractivity (Wildman–Crippen MR) is 75.8 cm³/mol. The summed E-state index contributed by atoms with van der Waals surface area (Å²) in [5.74, 6) is 0. The van der Waals surface area contributed by atoms with Crippen LogP contribution in [-0.2, 0) is 16.6 Å². The van der Waals surface area contributed by atoms with Crippen molar-refractivity contribution in [2.45, 2.75) is 56.7 Å². The Kier molecular flexibility index (Phi) is 4.51. The molecule has 2 heterocycles. The van der Waals surface area contributed by atoms with Crippen LogP contribution in [0.15, 0.2) is 17.3 Å². The summed E-state index contributed by atoms with van der Waals surface area (Å²) in [6.07, 6.45) is 4.24. The van der Waals surface area contributed by atoms with Gasteiger partial charge in [0.1, 0.15) is 0 Å². The molecule has 1 aliphatic heterocycles. The minimum Gasteiger partial charge on any atom is -0.389 e. The molecule has 0 unspecified atom stereocenters. The Balaban J connectivity index is 2.28. The standard InChI is InChI=1S/C13H23N3O3S/c1-3-9-16-12(6-8-14-16)20(18,19)15-10-5-7-13(17,4-2)11-15/h6,8,17H,3-5,7,9-11H2,1-2H3/t13-/m0/s1. The van der Waals surface area contributed by atoms with Crippen molar-refractivity contribution in [1.29, 1.82) is 0 Å². The number of aromatic nitrogens is 2. The summed E-state index contributed by atoms with van der Waals surface area (Å²) in [5.41, 5.74) is -0.902. The number of nitrogens with zero attached hydrogens (tertiary/aromatic N) is 3. The lowest BCUT2D eigenvalue weighted by Gasteiger charge is -2.37. The summed E-state index contributed by atoms with van der Waals surface area (Å²) in [6.45, 7) is 5.07. The maximum atomic E-state index is 12.7. The minimum absolute atomic E-state index is 0.170. The van der Waals surface area contributed by atoms with Gasteiger partial charge in [0.2, 0.25) is 0 Å². The van der Waals surface area contributed by atoms with E-state index in [1.54, 1.807) is 0 Å². The Labute approximate surface area is 120 Å². The number of hydrogen-bond acceptors (Lipinski definition) is 4. The summed E-state index contributed by atoms with van der Waals surface area (Å²) in [5, 5.41) is 14.6. The molecule has 0 bridgehead atoms. The lowest BCUT2D eigenvalue weighted by atomic mass is 9.92. The van der Waals surface area contributed by atoms with Gasteiger partial charge in [-0.3, -0.25) is 4.68 Å². The van der Waals surface area contributed by atoms with Crippen molar-refractivity contribution >= 4 is 10.0 Å². The van der Waals surface area contributed by atoms with E-state index in [2.05, 4.69) is 5.10 Å². The molecular weight excluding hydrogens is 278 g/mol. The second kappa shape index (κ2) is 5.83. The Hall–Kier alpha value is -0.920. The number of rotatable bonds is 5. The molecule has 0 radical (unpaired) electrons. The Morgan fingerprint density at radius 2 is 2.20 bits per heavy atom. The van der Waals surface area contributed by atoms with Gasteiger partial charge in [-0.25, -0.2) is 8.42 Å². The van der Waals surface area contributed by atoms with Crippen LogP contribution >= 0.6 is 0 Å². The first kappa shape index (κ1) is 15.5. The molecule has 1 aliphatic rings. The Morgan fingerprint density at radius 3 is 2.85 bits per heavy atom. The average Bonchev–Trinajstić information content (AvgIpc) is 2.88. The zero-order chi connectivity index (χ0) is 14.8. The number of piperidine rings is 1. The first-order chi connectivity index (χ1) is 9.43. The third-order valence-electron chi connectivity index (χ3n) is 3.90. The highest BCUT2D eigenvalue weighted by atomic mass is 32.2. The highest BCUT2D eigenvalue weighted by Gasteiger charge is 2.38. The molecule has 1 fully saturated rings. The van der Waals surface area contributed by atoms with E-state index in [1.807, 2.05) is 13.8 Å². The number of aliphatic hydroxyl groups is 1. The maximum absolute atomic E-state index is 12.7.